The highest BCUT2D eigenvalue weighted by molar-refractivity contribution is 6.03. The zero-order valence-electron chi connectivity index (χ0n) is 12.2. The molecule has 23 heavy (non-hydrogen) atoms. The normalized spacial score (nSPS) is 14.0. The summed E-state index contributed by atoms with van der Waals surface area (Å²) < 4.78 is 2.16. The number of amidine groups is 1. The third-order valence-electron chi connectivity index (χ3n) is 4.09. The third kappa shape index (κ3) is 2.04. The summed E-state index contributed by atoms with van der Waals surface area (Å²) in [5, 5.41) is 4.51. The van der Waals surface area contributed by atoms with E-state index < -0.39 is 0 Å². The van der Waals surface area contributed by atoms with Gasteiger partial charge in [0.25, 0.3) is 0 Å². The van der Waals surface area contributed by atoms with Gasteiger partial charge < -0.3 is 17.7 Å². The number of aromatic nitrogens is 3. The summed E-state index contributed by atoms with van der Waals surface area (Å²) in [5.41, 5.74) is 4.96. The number of halogens is 1. The zero-order chi connectivity index (χ0) is 14.5. The van der Waals surface area contributed by atoms with E-state index in [1.165, 1.54) is 5.39 Å². The van der Waals surface area contributed by atoms with Crippen molar-refractivity contribution in [3.8, 4) is 0 Å². The van der Waals surface area contributed by atoms with Crippen LogP contribution in [0.4, 0.5) is 0 Å². The summed E-state index contributed by atoms with van der Waals surface area (Å²) >= 11 is 0. The number of aliphatic imine (C=N–C) groups is 1. The summed E-state index contributed by atoms with van der Waals surface area (Å²) in [6, 6.07) is 14.6. The number of benzene rings is 1. The van der Waals surface area contributed by atoms with E-state index in [2.05, 4.69) is 55.0 Å². The lowest BCUT2D eigenvalue weighted by Gasteiger charge is -2.07. The van der Waals surface area contributed by atoms with Gasteiger partial charge in [-0.1, -0.05) is 12.1 Å². The highest BCUT2D eigenvalue weighted by Gasteiger charge is 2.12. The maximum absolute atomic E-state index is 4.60. The molecule has 0 aliphatic carbocycles. The third-order valence-corrected chi connectivity index (χ3v) is 4.09. The van der Waals surface area contributed by atoms with E-state index in [1.54, 1.807) is 6.20 Å². The lowest BCUT2D eigenvalue weighted by Crippen LogP contribution is -3.00. The number of hydrogen-bond donors (Lipinski definition) is 1. The molecule has 0 spiro atoms. The Kier molecular flexibility index (Phi) is 3.16. The topological polar surface area (TPSA) is 54.6 Å². The second kappa shape index (κ2) is 5.21. The van der Waals surface area contributed by atoms with Crippen LogP contribution in [-0.4, -0.2) is 33.3 Å². The molecule has 5 rings (SSSR count). The van der Waals surface area contributed by atoms with Gasteiger partial charge in [0.05, 0.1) is 17.6 Å². The van der Waals surface area contributed by atoms with Crippen molar-refractivity contribution in [2.75, 3.05) is 13.1 Å². The number of imidazole rings is 1. The molecule has 0 saturated heterocycles. The molecule has 0 unspecified atom stereocenters. The van der Waals surface area contributed by atoms with Crippen molar-refractivity contribution in [1.29, 1.82) is 0 Å². The number of nitrogens with zero attached hydrogens (tertiary/aromatic N) is 4. The van der Waals surface area contributed by atoms with E-state index in [0.717, 1.165) is 46.8 Å². The molecule has 114 valence electrons. The Morgan fingerprint density at radius 2 is 1.96 bits per heavy atom. The number of rotatable bonds is 1. The van der Waals surface area contributed by atoms with Gasteiger partial charge in [-0.2, -0.15) is 0 Å². The molecule has 1 aliphatic rings. The van der Waals surface area contributed by atoms with Crippen LogP contribution in [0.2, 0.25) is 0 Å². The first-order valence-corrected chi connectivity index (χ1v) is 7.35. The first-order valence-electron chi connectivity index (χ1n) is 7.35. The molecule has 0 saturated carbocycles. The monoisotopic (exact) mass is 322 g/mol. The zero-order valence-corrected chi connectivity index (χ0v) is 13.0. The molecule has 1 N–H and O–H groups in total. The molecular formula is C17H13ClN5-. The smallest absolute Gasteiger partial charge is 0.178 e. The predicted octanol–water partition coefficient (Wildman–Crippen LogP) is -0.610. The fourth-order valence-electron chi connectivity index (χ4n) is 3.08. The van der Waals surface area contributed by atoms with Gasteiger partial charge in [-0.3, -0.25) is 9.39 Å². The van der Waals surface area contributed by atoms with E-state index in [4.69, 9.17) is 0 Å². The van der Waals surface area contributed by atoms with Crippen molar-refractivity contribution >= 4 is 33.5 Å². The molecule has 1 aromatic carbocycles. The van der Waals surface area contributed by atoms with Gasteiger partial charge in [0.1, 0.15) is 11.5 Å². The van der Waals surface area contributed by atoms with Gasteiger partial charge in [-0.15, -0.1) is 0 Å². The van der Waals surface area contributed by atoms with Crippen LogP contribution in [0.25, 0.3) is 27.7 Å². The van der Waals surface area contributed by atoms with Crippen LogP contribution in [0, 0.1) is 0 Å². The van der Waals surface area contributed by atoms with Gasteiger partial charge in [0, 0.05) is 18.3 Å². The van der Waals surface area contributed by atoms with Crippen LogP contribution < -0.4 is 17.7 Å². The average molecular weight is 323 g/mol. The SMILES string of the molecule is [Cl-].c1cnc2nc3ccc4ccc(C5=NCCN5)cc4n3c2c1. The van der Waals surface area contributed by atoms with Crippen LogP contribution >= 0.6 is 0 Å². The quantitative estimate of drug-likeness (QED) is 0.509. The maximum Gasteiger partial charge on any atom is 0.178 e. The molecule has 4 heterocycles. The number of pyridine rings is 2. The van der Waals surface area contributed by atoms with E-state index >= 15 is 0 Å². The molecule has 0 bridgehead atoms. The number of fused-ring (bicyclic) bond motifs is 5. The minimum absolute atomic E-state index is 0. The molecule has 0 fully saturated rings. The summed E-state index contributed by atoms with van der Waals surface area (Å²) in [6.07, 6.45) is 1.78. The molecule has 3 aromatic heterocycles. The Labute approximate surface area is 138 Å². The Bertz CT molecular complexity index is 1070. The van der Waals surface area contributed by atoms with E-state index in [9.17, 15) is 0 Å². The van der Waals surface area contributed by atoms with Crippen LogP contribution in [0.5, 0.6) is 0 Å². The van der Waals surface area contributed by atoms with E-state index in [-0.39, 0.29) is 12.4 Å². The molecule has 0 atom stereocenters. The predicted molar refractivity (Wildman–Crippen MR) is 87.4 cm³/mol. The second-order valence-electron chi connectivity index (χ2n) is 5.42. The van der Waals surface area contributed by atoms with Gasteiger partial charge in [-0.05, 0) is 35.7 Å². The summed E-state index contributed by atoms with van der Waals surface area (Å²) in [5.74, 6) is 0.974. The van der Waals surface area contributed by atoms with Gasteiger partial charge in [-0.25, -0.2) is 9.97 Å². The highest BCUT2D eigenvalue weighted by Crippen LogP contribution is 2.23. The average Bonchev–Trinajstić information content (AvgIpc) is 3.21. The lowest BCUT2D eigenvalue weighted by atomic mass is 10.1. The molecule has 6 heteroatoms. The van der Waals surface area contributed by atoms with Crippen LogP contribution in [-0.2, 0) is 0 Å². The van der Waals surface area contributed by atoms with Crippen LogP contribution in [0.1, 0.15) is 5.56 Å². The lowest BCUT2D eigenvalue weighted by molar-refractivity contribution is -0.00000451. The first-order chi connectivity index (χ1) is 10.9. The van der Waals surface area contributed by atoms with Crippen molar-refractivity contribution in [2.45, 2.75) is 0 Å². The van der Waals surface area contributed by atoms with Crippen molar-refractivity contribution < 1.29 is 12.4 Å². The van der Waals surface area contributed by atoms with Gasteiger partial charge in [0.2, 0.25) is 0 Å². The van der Waals surface area contributed by atoms with Crippen molar-refractivity contribution in [2.24, 2.45) is 4.99 Å². The Hall–Kier alpha value is -2.66. The summed E-state index contributed by atoms with van der Waals surface area (Å²) in [7, 11) is 0. The minimum atomic E-state index is 0. The van der Waals surface area contributed by atoms with E-state index in [0.29, 0.717) is 0 Å². The Morgan fingerprint density at radius 1 is 1.04 bits per heavy atom. The molecule has 1 aliphatic heterocycles. The van der Waals surface area contributed by atoms with Crippen LogP contribution in [0.3, 0.4) is 0 Å². The molecule has 0 radical (unpaired) electrons. The number of hydrogen-bond acceptors (Lipinski definition) is 4. The van der Waals surface area contributed by atoms with Crippen LogP contribution in [0.15, 0.2) is 53.7 Å². The van der Waals surface area contributed by atoms with Crippen molar-refractivity contribution in [1.82, 2.24) is 19.7 Å². The summed E-state index contributed by atoms with van der Waals surface area (Å²) in [6.45, 7) is 1.75. The minimum Gasteiger partial charge on any atom is -1.00 e. The molecular weight excluding hydrogens is 310 g/mol. The Balaban J connectivity index is 0.00000135. The molecule has 0 amide bonds. The number of nitrogens with one attached hydrogen (secondary N) is 1. The van der Waals surface area contributed by atoms with Crippen molar-refractivity contribution in [3.63, 3.8) is 0 Å². The molecule has 5 nitrogen and oxygen atoms in total. The fourth-order valence-corrected chi connectivity index (χ4v) is 3.08. The summed E-state index contributed by atoms with van der Waals surface area (Å²) in [4.78, 5) is 13.5. The highest BCUT2D eigenvalue weighted by atomic mass is 35.5. The van der Waals surface area contributed by atoms with E-state index in [1.807, 2.05) is 12.1 Å². The van der Waals surface area contributed by atoms with Crippen molar-refractivity contribution in [3.05, 3.63) is 54.2 Å². The first kappa shape index (κ1) is 14.0. The van der Waals surface area contributed by atoms with Gasteiger partial charge in [0.15, 0.2) is 5.65 Å². The molecule has 4 aromatic rings. The Morgan fingerprint density at radius 3 is 2.83 bits per heavy atom. The second-order valence-corrected chi connectivity index (χ2v) is 5.42. The van der Waals surface area contributed by atoms with Gasteiger partial charge >= 0.3 is 0 Å². The largest absolute Gasteiger partial charge is 1.00 e. The maximum atomic E-state index is 4.60. The standard InChI is InChI=1S/C17H13N5.ClH/c1-2-13-17(18-7-1)21-15-6-5-11-3-4-12(10-14(11)22(13)15)16-19-8-9-20-16;/h1-7,10H,8-9H2,(H,19,20);1H/p-1. The fraction of sp³-hybridized carbons (Fsp3) is 0.118.